The van der Waals surface area contributed by atoms with Crippen LogP contribution in [0.25, 0.3) is 33.4 Å². The number of aryl methyl sites for hydroxylation is 1. The van der Waals surface area contributed by atoms with Crippen molar-refractivity contribution in [3.05, 3.63) is 75.9 Å². The summed E-state index contributed by atoms with van der Waals surface area (Å²) in [6.45, 7) is 1.71. The van der Waals surface area contributed by atoms with Crippen molar-refractivity contribution >= 4 is 23.7 Å². The van der Waals surface area contributed by atoms with Crippen molar-refractivity contribution < 1.29 is 29.3 Å². The topological polar surface area (TPSA) is 125 Å². The van der Waals surface area contributed by atoms with Gasteiger partial charge in [-0.2, -0.15) is 0 Å². The maximum Gasteiger partial charge on any atom is 0.290 e. The van der Waals surface area contributed by atoms with Crippen LogP contribution in [0.5, 0.6) is 5.75 Å². The lowest BCUT2D eigenvalue weighted by atomic mass is 9.90. The van der Waals surface area contributed by atoms with E-state index >= 15 is 0 Å². The van der Waals surface area contributed by atoms with Gasteiger partial charge in [0.05, 0.1) is 0 Å². The summed E-state index contributed by atoms with van der Waals surface area (Å²) < 4.78 is 5.83. The van der Waals surface area contributed by atoms with Gasteiger partial charge < -0.3 is 19.7 Å². The van der Waals surface area contributed by atoms with Gasteiger partial charge in [0, 0.05) is 41.3 Å². The maximum absolute atomic E-state index is 11.7. The first-order valence-electron chi connectivity index (χ1n) is 8.77. The van der Waals surface area contributed by atoms with Gasteiger partial charge in [-0.15, -0.1) is 0 Å². The summed E-state index contributed by atoms with van der Waals surface area (Å²) >= 11 is 0. The van der Waals surface area contributed by atoms with Crippen LogP contribution in [0, 0.1) is 6.92 Å². The molecule has 0 amide bonds. The number of carboxylic acid groups (broad SMARTS) is 1. The molecule has 0 spiro atoms. The van der Waals surface area contributed by atoms with Crippen molar-refractivity contribution in [3.63, 3.8) is 0 Å². The number of aliphatic hydroxyl groups excluding tert-OH is 1. The summed E-state index contributed by atoms with van der Waals surface area (Å²) in [6.07, 6.45) is 0.818. The SMILES string of the molecule is CO.Cc1ccc(C=O)c(-c2c3ccc(=O)cc-3oc3cc(O)ccc23)c1.O=CO. The number of carbonyl (C=O) groups is 2. The molecule has 0 atom stereocenters. The van der Waals surface area contributed by atoms with E-state index in [0.29, 0.717) is 16.9 Å². The fraction of sp³-hybridized carbons (Fsp3) is 0.0870. The molecule has 30 heavy (non-hydrogen) atoms. The van der Waals surface area contributed by atoms with Crippen LogP contribution in [-0.2, 0) is 4.79 Å². The number of hydrogen-bond donors (Lipinski definition) is 3. The van der Waals surface area contributed by atoms with Gasteiger partial charge in [0.15, 0.2) is 11.7 Å². The smallest absolute Gasteiger partial charge is 0.290 e. The Morgan fingerprint density at radius 3 is 2.27 bits per heavy atom. The van der Waals surface area contributed by atoms with Crippen molar-refractivity contribution in [2.24, 2.45) is 0 Å². The molecule has 1 aliphatic heterocycles. The molecule has 0 saturated heterocycles. The average molecular weight is 408 g/mol. The Balaban J connectivity index is 0.000000590. The molecule has 2 aromatic rings. The Morgan fingerprint density at radius 2 is 1.60 bits per heavy atom. The first-order valence-corrected chi connectivity index (χ1v) is 8.77. The van der Waals surface area contributed by atoms with E-state index in [1.54, 1.807) is 24.3 Å². The van der Waals surface area contributed by atoms with Gasteiger partial charge in [0.2, 0.25) is 0 Å². The first-order chi connectivity index (χ1) is 14.5. The third kappa shape index (κ3) is 4.53. The van der Waals surface area contributed by atoms with Crippen LogP contribution in [0.2, 0.25) is 0 Å². The molecule has 154 valence electrons. The van der Waals surface area contributed by atoms with E-state index in [-0.39, 0.29) is 17.7 Å². The van der Waals surface area contributed by atoms with Crippen LogP contribution in [0.4, 0.5) is 0 Å². The van der Waals surface area contributed by atoms with Crippen LogP contribution in [-0.4, -0.2) is 35.2 Å². The summed E-state index contributed by atoms with van der Waals surface area (Å²) in [5, 5.41) is 24.4. The number of phenolic OH excluding ortho intramolecular Hbond substituents is 1. The van der Waals surface area contributed by atoms with E-state index in [1.165, 1.54) is 18.2 Å². The monoisotopic (exact) mass is 408 g/mol. The van der Waals surface area contributed by atoms with E-state index in [4.69, 9.17) is 19.4 Å². The fourth-order valence-electron chi connectivity index (χ4n) is 3.14. The van der Waals surface area contributed by atoms with Crippen LogP contribution >= 0.6 is 0 Å². The summed E-state index contributed by atoms with van der Waals surface area (Å²) in [7, 11) is 1.00. The number of carbonyl (C=O) groups excluding carboxylic acids is 1. The summed E-state index contributed by atoms with van der Waals surface area (Å²) in [5.74, 6) is 0.485. The lowest BCUT2D eigenvalue weighted by Crippen LogP contribution is -2.00. The number of fused-ring (bicyclic) bond motifs is 2. The molecule has 2 aromatic carbocycles. The maximum atomic E-state index is 11.7. The second-order valence-corrected chi connectivity index (χ2v) is 6.13. The first kappa shape index (κ1) is 22.3. The van der Waals surface area contributed by atoms with Gasteiger partial charge in [0.1, 0.15) is 17.1 Å². The van der Waals surface area contributed by atoms with E-state index in [2.05, 4.69) is 0 Å². The minimum Gasteiger partial charge on any atom is -0.508 e. The van der Waals surface area contributed by atoms with Crippen molar-refractivity contribution in [1.82, 2.24) is 0 Å². The Kier molecular flexibility index (Phi) is 7.44. The third-order valence-corrected chi connectivity index (χ3v) is 4.28. The second-order valence-electron chi connectivity index (χ2n) is 6.13. The van der Waals surface area contributed by atoms with E-state index in [1.807, 2.05) is 19.1 Å². The molecule has 0 saturated carbocycles. The molecule has 0 fully saturated rings. The minimum atomic E-state index is -0.250. The predicted octanol–water partition coefficient (Wildman–Crippen LogP) is 3.70. The van der Waals surface area contributed by atoms with E-state index < -0.39 is 0 Å². The fourth-order valence-corrected chi connectivity index (χ4v) is 3.14. The Morgan fingerprint density at radius 1 is 0.900 bits per heavy atom. The molecule has 1 heterocycles. The molecule has 0 bridgehead atoms. The number of phenols is 1. The molecular formula is C23H20O7. The Labute approximate surface area is 171 Å². The normalized spacial score (nSPS) is 9.83. The van der Waals surface area contributed by atoms with Gasteiger partial charge >= 0.3 is 0 Å². The molecule has 7 heteroatoms. The van der Waals surface area contributed by atoms with Crippen molar-refractivity contribution in [2.45, 2.75) is 6.92 Å². The number of aldehydes is 1. The van der Waals surface area contributed by atoms with Crippen LogP contribution in [0.1, 0.15) is 15.9 Å². The molecule has 0 aromatic heterocycles. The van der Waals surface area contributed by atoms with Gasteiger partial charge in [-0.25, -0.2) is 0 Å². The zero-order valence-electron chi connectivity index (χ0n) is 16.3. The largest absolute Gasteiger partial charge is 0.508 e. The lowest BCUT2D eigenvalue weighted by molar-refractivity contribution is -0.122. The quantitative estimate of drug-likeness (QED) is 0.341. The van der Waals surface area contributed by atoms with Gasteiger partial charge in [0.25, 0.3) is 6.47 Å². The second kappa shape index (κ2) is 9.99. The highest BCUT2D eigenvalue weighted by molar-refractivity contribution is 6.05. The van der Waals surface area contributed by atoms with Crippen molar-refractivity contribution in [2.75, 3.05) is 7.11 Å². The Hall–Kier alpha value is -3.97. The highest BCUT2D eigenvalue weighted by Gasteiger charge is 2.19. The van der Waals surface area contributed by atoms with Gasteiger partial charge in [-0.3, -0.25) is 14.4 Å². The van der Waals surface area contributed by atoms with E-state index in [0.717, 1.165) is 41.0 Å². The number of aliphatic hydroxyl groups is 1. The standard InChI is InChI=1S/C21H14O4.CH2O2.CH4O/c1-12-2-3-13(11-22)18(8-12)21-16-6-4-14(23)9-19(16)25-20-10-15(24)5-7-17(20)21;2-1-3;1-2/h2-11,23H,1H3;1H,(H,2,3);2H,1H3. The lowest BCUT2D eigenvalue weighted by Gasteiger charge is -2.16. The van der Waals surface area contributed by atoms with Gasteiger partial charge in [-0.05, 0) is 36.8 Å². The average Bonchev–Trinajstić information content (AvgIpc) is 2.74. The van der Waals surface area contributed by atoms with Crippen molar-refractivity contribution in [3.8, 4) is 28.2 Å². The van der Waals surface area contributed by atoms with Crippen LogP contribution in [0.3, 0.4) is 0 Å². The molecule has 7 nitrogen and oxygen atoms in total. The summed E-state index contributed by atoms with van der Waals surface area (Å²) in [5.41, 5.74) is 4.17. The van der Waals surface area contributed by atoms with Gasteiger partial charge in [-0.1, -0.05) is 23.8 Å². The highest BCUT2D eigenvalue weighted by Crippen LogP contribution is 2.41. The molecule has 2 aliphatic rings. The molecule has 0 unspecified atom stereocenters. The molecule has 4 rings (SSSR count). The van der Waals surface area contributed by atoms with E-state index in [9.17, 15) is 14.7 Å². The zero-order valence-corrected chi connectivity index (χ0v) is 16.3. The highest BCUT2D eigenvalue weighted by atomic mass is 16.3. The number of rotatable bonds is 2. The minimum absolute atomic E-state index is 0.0691. The zero-order chi connectivity index (χ0) is 22.3. The molecule has 0 radical (unpaired) electrons. The number of aromatic hydroxyl groups is 1. The number of hydrogen-bond acceptors (Lipinski definition) is 6. The van der Waals surface area contributed by atoms with Crippen LogP contribution in [0.15, 0.2) is 63.8 Å². The molecular weight excluding hydrogens is 388 g/mol. The third-order valence-electron chi connectivity index (χ3n) is 4.28. The van der Waals surface area contributed by atoms with Crippen LogP contribution < -0.4 is 5.43 Å². The summed E-state index contributed by atoms with van der Waals surface area (Å²) in [6, 6.07) is 15.0. The predicted molar refractivity (Wildman–Crippen MR) is 113 cm³/mol. The summed E-state index contributed by atoms with van der Waals surface area (Å²) in [4.78, 5) is 31.7. The molecule has 3 N–H and O–H groups in total. The molecule has 1 aliphatic carbocycles. The van der Waals surface area contributed by atoms with Crippen molar-refractivity contribution in [1.29, 1.82) is 0 Å². The Bertz CT molecular complexity index is 1210. The number of benzene rings is 3.